The van der Waals surface area contributed by atoms with E-state index in [0.29, 0.717) is 19.0 Å². The Kier molecular flexibility index (Phi) is 6.38. The SMILES string of the molecule is N[C@@H](CC(=O)N1CC[C@H](OCC(=O)O)C1)Cc1cc(F)c(F)cc1F. The lowest BCUT2D eigenvalue weighted by Gasteiger charge is -2.19. The zero-order valence-corrected chi connectivity index (χ0v) is 13.4. The molecule has 25 heavy (non-hydrogen) atoms. The fraction of sp³-hybridized carbons (Fsp3) is 0.500. The molecule has 2 atom stereocenters. The van der Waals surface area contributed by atoms with Gasteiger partial charge in [-0.15, -0.1) is 0 Å². The first-order valence-electron chi connectivity index (χ1n) is 7.76. The molecule has 0 aliphatic carbocycles. The van der Waals surface area contributed by atoms with E-state index in [-0.39, 0.29) is 37.0 Å². The van der Waals surface area contributed by atoms with Crippen molar-refractivity contribution in [1.82, 2.24) is 4.90 Å². The number of likely N-dealkylation sites (tertiary alicyclic amines) is 1. The zero-order chi connectivity index (χ0) is 18.6. The maximum Gasteiger partial charge on any atom is 0.329 e. The highest BCUT2D eigenvalue weighted by Crippen LogP contribution is 2.18. The molecule has 0 spiro atoms. The lowest BCUT2D eigenvalue weighted by Crippen LogP contribution is -2.36. The number of rotatable bonds is 7. The highest BCUT2D eigenvalue weighted by molar-refractivity contribution is 5.77. The number of hydrogen-bond donors (Lipinski definition) is 2. The highest BCUT2D eigenvalue weighted by Gasteiger charge is 2.28. The Labute approximate surface area is 142 Å². The Hall–Kier alpha value is -2.13. The summed E-state index contributed by atoms with van der Waals surface area (Å²) in [6, 6.07) is 0.427. The predicted molar refractivity (Wildman–Crippen MR) is 81.2 cm³/mol. The van der Waals surface area contributed by atoms with Crippen molar-refractivity contribution in [3.8, 4) is 0 Å². The van der Waals surface area contributed by atoms with Crippen LogP contribution in [0.25, 0.3) is 0 Å². The monoisotopic (exact) mass is 360 g/mol. The van der Waals surface area contributed by atoms with Gasteiger partial charge in [-0.1, -0.05) is 0 Å². The lowest BCUT2D eigenvalue weighted by molar-refractivity contribution is -0.144. The molecule has 2 rings (SSSR count). The summed E-state index contributed by atoms with van der Waals surface area (Å²) in [5, 5.41) is 8.56. The van der Waals surface area contributed by atoms with E-state index in [2.05, 4.69) is 0 Å². The van der Waals surface area contributed by atoms with E-state index >= 15 is 0 Å². The second kappa shape index (κ2) is 8.30. The number of nitrogens with zero attached hydrogens (tertiary/aromatic N) is 1. The molecule has 0 unspecified atom stereocenters. The number of amides is 1. The summed E-state index contributed by atoms with van der Waals surface area (Å²) >= 11 is 0. The van der Waals surface area contributed by atoms with Gasteiger partial charge in [0.25, 0.3) is 0 Å². The van der Waals surface area contributed by atoms with Crippen LogP contribution >= 0.6 is 0 Å². The third-order valence-corrected chi connectivity index (χ3v) is 3.95. The summed E-state index contributed by atoms with van der Waals surface area (Å²) in [4.78, 5) is 24.1. The minimum absolute atomic E-state index is 0.0932. The van der Waals surface area contributed by atoms with Crippen molar-refractivity contribution in [2.75, 3.05) is 19.7 Å². The first kappa shape index (κ1) is 19.2. The minimum atomic E-state index is -1.28. The van der Waals surface area contributed by atoms with Crippen LogP contribution < -0.4 is 5.73 Å². The molecule has 1 aromatic rings. The van der Waals surface area contributed by atoms with Gasteiger partial charge in [-0.2, -0.15) is 0 Å². The smallest absolute Gasteiger partial charge is 0.329 e. The second-order valence-corrected chi connectivity index (χ2v) is 5.98. The minimum Gasteiger partial charge on any atom is -0.480 e. The molecular weight excluding hydrogens is 341 g/mol. The molecule has 0 radical (unpaired) electrons. The summed E-state index contributed by atoms with van der Waals surface area (Å²) in [5.41, 5.74) is 5.73. The van der Waals surface area contributed by atoms with Crippen LogP contribution in [0.2, 0.25) is 0 Å². The Morgan fingerprint density at radius 1 is 1.28 bits per heavy atom. The molecule has 0 bridgehead atoms. The molecule has 0 saturated carbocycles. The standard InChI is InChI=1S/C16H19F3N2O4/c17-12-6-14(19)13(18)4-9(12)3-10(20)5-15(22)21-2-1-11(7-21)25-8-16(23)24/h4,6,10-11H,1-3,5,7-8,20H2,(H,23,24)/t10-,11+/m1/s1. The number of carboxylic acid groups (broad SMARTS) is 1. The Morgan fingerprint density at radius 2 is 1.96 bits per heavy atom. The van der Waals surface area contributed by atoms with Crippen LogP contribution in [0.15, 0.2) is 12.1 Å². The zero-order valence-electron chi connectivity index (χ0n) is 13.4. The van der Waals surface area contributed by atoms with Crippen LogP contribution in [-0.4, -0.2) is 53.7 Å². The van der Waals surface area contributed by atoms with Crippen LogP contribution in [-0.2, 0) is 20.7 Å². The average molecular weight is 360 g/mol. The van der Waals surface area contributed by atoms with Crippen LogP contribution in [0, 0.1) is 17.5 Å². The molecule has 1 amide bonds. The molecule has 138 valence electrons. The number of aliphatic carboxylic acids is 1. The predicted octanol–water partition coefficient (Wildman–Crippen LogP) is 1.07. The molecule has 3 N–H and O–H groups in total. The molecule has 1 aliphatic rings. The summed E-state index contributed by atoms with van der Waals surface area (Å²) in [5.74, 6) is -4.73. The van der Waals surface area contributed by atoms with Crippen molar-refractivity contribution in [2.45, 2.75) is 31.4 Å². The molecule has 0 aromatic heterocycles. The van der Waals surface area contributed by atoms with Gasteiger partial charge in [0.2, 0.25) is 5.91 Å². The molecule has 6 nitrogen and oxygen atoms in total. The van der Waals surface area contributed by atoms with Crippen LogP contribution in [0.3, 0.4) is 0 Å². The van der Waals surface area contributed by atoms with E-state index in [9.17, 15) is 22.8 Å². The van der Waals surface area contributed by atoms with Crippen molar-refractivity contribution in [3.63, 3.8) is 0 Å². The molecular formula is C16H19F3N2O4. The Bertz CT molecular complexity index is 657. The van der Waals surface area contributed by atoms with E-state index in [4.69, 9.17) is 15.6 Å². The topological polar surface area (TPSA) is 92.9 Å². The number of ether oxygens (including phenoxy) is 1. The van der Waals surface area contributed by atoms with Crippen LogP contribution in [0.4, 0.5) is 13.2 Å². The van der Waals surface area contributed by atoms with Gasteiger partial charge < -0.3 is 20.5 Å². The lowest BCUT2D eigenvalue weighted by atomic mass is 10.0. The molecule has 1 aliphatic heterocycles. The van der Waals surface area contributed by atoms with Crippen molar-refractivity contribution < 1.29 is 32.6 Å². The first-order valence-corrected chi connectivity index (χ1v) is 7.76. The summed E-state index contributed by atoms with van der Waals surface area (Å²) in [6.07, 6.45) is -0.0301. The van der Waals surface area contributed by atoms with E-state index in [1.165, 1.54) is 4.90 Å². The first-order chi connectivity index (χ1) is 11.8. The number of benzene rings is 1. The summed E-state index contributed by atoms with van der Waals surface area (Å²) in [7, 11) is 0. The van der Waals surface area contributed by atoms with Gasteiger partial charge in [0.15, 0.2) is 11.6 Å². The maximum atomic E-state index is 13.6. The molecule has 1 heterocycles. The maximum absolute atomic E-state index is 13.6. The summed E-state index contributed by atoms with van der Waals surface area (Å²) < 4.78 is 44.8. The van der Waals surface area contributed by atoms with Crippen molar-refractivity contribution >= 4 is 11.9 Å². The van der Waals surface area contributed by atoms with Crippen molar-refractivity contribution in [1.29, 1.82) is 0 Å². The largest absolute Gasteiger partial charge is 0.480 e. The van der Waals surface area contributed by atoms with Gasteiger partial charge >= 0.3 is 5.97 Å². The van der Waals surface area contributed by atoms with Gasteiger partial charge in [0.1, 0.15) is 12.4 Å². The van der Waals surface area contributed by atoms with E-state index in [1.54, 1.807) is 0 Å². The molecule has 1 aromatic carbocycles. The van der Waals surface area contributed by atoms with E-state index < -0.39 is 36.1 Å². The number of nitrogens with two attached hydrogens (primary N) is 1. The Balaban J connectivity index is 1.84. The van der Waals surface area contributed by atoms with Gasteiger partial charge in [-0.05, 0) is 24.5 Å². The normalized spacial score (nSPS) is 18.4. The second-order valence-electron chi connectivity index (χ2n) is 5.98. The molecule has 1 fully saturated rings. The van der Waals surface area contributed by atoms with E-state index in [1.807, 2.05) is 0 Å². The van der Waals surface area contributed by atoms with Crippen molar-refractivity contribution in [2.24, 2.45) is 5.73 Å². The highest BCUT2D eigenvalue weighted by atomic mass is 19.2. The van der Waals surface area contributed by atoms with E-state index in [0.717, 1.165) is 6.07 Å². The number of halogens is 3. The molecule has 9 heteroatoms. The number of carboxylic acids is 1. The quantitative estimate of drug-likeness (QED) is 0.710. The number of carbonyl (C=O) groups is 2. The fourth-order valence-electron chi connectivity index (χ4n) is 2.71. The van der Waals surface area contributed by atoms with Gasteiger partial charge in [0.05, 0.1) is 6.10 Å². The summed E-state index contributed by atoms with van der Waals surface area (Å²) in [6.45, 7) is 0.245. The van der Waals surface area contributed by atoms with Crippen LogP contribution in [0.5, 0.6) is 0 Å². The van der Waals surface area contributed by atoms with Gasteiger partial charge in [-0.3, -0.25) is 4.79 Å². The fourth-order valence-corrected chi connectivity index (χ4v) is 2.71. The number of hydrogen-bond acceptors (Lipinski definition) is 4. The number of carbonyl (C=O) groups excluding carboxylic acids is 1. The Morgan fingerprint density at radius 3 is 2.64 bits per heavy atom. The average Bonchev–Trinajstić information content (AvgIpc) is 2.99. The third-order valence-electron chi connectivity index (χ3n) is 3.95. The third kappa shape index (κ3) is 5.43. The van der Waals surface area contributed by atoms with Crippen molar-refractivity contribution in [3.05, 3.63) is 35.1 Å². The van der Waals surface area contributed by atoms with Gasteiger partial charge in [-0.25, -0.2) is 18.0 Å². The molecule has 1 saturated heterocycles. The van der Waals surface area contributed by atoms with Gasteiger partial charge in [0, 0.05) is 31.6 Å². The van der Waals surface area contributed by atoms with Crippen LogP contribution in [0.1, 0.15) is 18.4 Å².